The molecule has 1 aliphatic rings. The van der Waals surface area contributed by atoms with E-state index in [1.165, 1.54) is 7.05 Å². The first-order valence-electron chi connectivity index (χ1n) is 4.47. The third kappa shape index (κ3) is 2.37. The number of alkyl halides is 3. The number of carbonyl (C=O) groups is 1. The van der Waals surface area contributed by atoms with Crippen LogP contribution in [-0.2, 0) is 4.79 Å². The molecule has 1 fully saturated rings. The second kappa shape index (κ2) is 4.16. The van der Waals surface area contributed by atoms with Gasteiger partial charge < -0.3 is 10.2 Å². The predicted molar refractivity (Wildman–Crippen MR) is 44.7 cm³/mol. The molecule has 0 unspecified atom stereocenters. The summed E-state index contributed by atoms with van der Waals surface area (Å²) in [5.74, 6) is -0.479. The SMILES string of the molecule is CNCC(=O)N1CCC[C@@H]1C(F)(F)F. The Morgan fingerprint density at radius 1 is 1.57 bits per heavy atom. The van der Waals surface area contributed by atoms with Crippen LogP contribution in [0, 0.1) is 0 Å². The lowest BCUT2D eigenvalue weighted by Crippen LogP contribution is -2.47. The number of hydrogen-bond donors (Lipinski definition) is 1. The first-order chi connectivity index (χ1) is 6.46. The zero-order valence-electron chi connectivity index (χ0n) is 7.90. The zero-order chi connectivity index (χ0) is 10.8. The predicted octanol–water partition coefficient (Wildman–Crippen LogP) is 0.759. The van der Waals surface area contributed by atoms with Gasteiger partial charge in [-0.05, 0) is 19.9 Å². The summed E-state index contributed by atoms with van der Waals surface area (Å²) in [7, 11) is 1.54. The van der Waals surface area contributed by atoms with Gasteiger partial charge in [-0.25, -0.2) is 0 Å². The molecular weight excluding hydrogens is 197 g/mol. The fourth-order valence-electron chi connectivity index (χ4n) is 1.66. The zero-order valence-corrected chi connectivity index (χ0v) is 7.90. The van der Waals surface area contributed by atoms with Crippen LogP contribution in [0.4, 0.5) is 13.2 Å². The van der Waals surface area contributed by atoms with Crippen LogP contribution in [0.3, 0.4) is 0 Å². The Bertz CT molecular complexity index is 217. The van der Waals surface area contributed by atoms with Gasteiger partial charge in [-0.2, -0.15) is 13.2 Å². The molecule has 14 heavy (non-hydrogen) atoms. The normalized spacial score (nSPS) is 22.9. The highest BCUT2D eigenvalue weighted by Gasteiger charge is 2.47. The van der Waals surface area contributed by atoms with Gasteiger partial charge >= 0.3 is 6.18 Å². The van der Waals surface area contributed by atoms with Crippen molar-refractivity contribution in [3.63, 3.8) is 0 Å². The number of nitrogens with one attached hydrogen (secondary N) is 1. The van der Waals surface area contributed by atoms with Crippen LogP contribution >= 0.6 is 0 Å². The number of nitrogens with zero attached hydrogens (tertiary/aromatic N) is 1. The van der Waals surface area contributed by atoms with Crippen molar-refractivity contribution >= 4 is 5.91 Å². The molecule has 0 aliphatic carbocycles. The molecule has 1 amide bonds. The molecule has 0 saturated carbocycles. The molecule has 1 saturated heterocycles. The van der Waals surface area contributed by atoms with Crippen molar-refractivity contribution in [1.29, 1.82) is 0 Å². The topological polar surface area (TPSA) is 32.3 Å². The van der Waals surface area contributed by atoms with Gasteiger partial charge in [0.25, 0.3) is 0 Å². The summed E-state index contributed by atoms with van der Waals surface area (Å²) in [6.45, 7) is 0.178. The molecule has 0 aromatic rings. The highest BCUT2D eigenvalue weighted by molar-refractivity contribution is 5.78. The van der Waals surface area contributed by atoms with Crippen LogP contribution in [-0.4, -0.2) is 43.2 Å². The van der Waals surface area contributed by atoms with E-state index in [2.05, 4.69) is 5.32 Å². The number of likely N-dealkylation sites (tertiary alicyclic amines) is 1. The average molecular weight is 210 g/mol. The molecule has 6 heteroatoms. The number of hydrogen-bond acceptors (Lipinski definition) is 2. The van der Waals surface area contributed by atoms with E-state index in [1.807, 2.05) is 0 Å². The van der Waals surface area contributed by atoms with E-state index in [0.717, 1.165) is 4.90 Å². The molecular formula is C8H13F3N2O. The van der Waals surface area contributed by atoms with E-state index in [-0.39, 0.29) is 19.5 Å². The number of rotatable bonds is 2. The maximum atomic E-state index is 12.4. The van der Waals surface area contributed by atoms with Crippen LogP contribution < -0.4 is 5.32 Å². The van der Waals surface area contributed by atoms with Gasteiger partial charge in [-0.3, -0.25) is 4.79 Å². The summed E-state index contributed by atoms with van der Waals surface area (Å²) in [6.07, 6.45) is -3.83. The summed E-state index contributed by atoms with van der Waals surface area (Å²) in [6, 6.07) is -1.58. The molecule has 1 heterocycles. The van der Waals surface area contributed by atoms with Crippen molar-refractivity contribution in [3.05, 3.63) is 0 Å². The molecule has 3 nitrogen and oxygen atoms in total. The molecule has 0 bridgehead atoms. The quantitative estimate of drug-likeness (QED) is 0.729. The monoisotopic (exact) mass is 210 g/mol. The summed E-state index contributed by atoms with van der Waals surface area (Å²) in [4.78, 5) is 12.2. The molecule has 1 aliphatic heterocycles. The molecule has 1 rings (SSSR count). The van der Waals surface area contributed by atoms with E-state index in [1.54, 1.807) is 0 Å². The van der Waals surface area contributed by atoms with Gasteiger partial charge in [0.1, 0.15) is 6.04 Å². The highest BCUT2D eigenvalue weighted by Crippen LogP contribution is 2.32. The van der Waals surface area contributed by atoms with Gasteiger partial charge in [-0.1, -0.05) is 0 Å². The third-order valence-electron chi connectivity index (χ3n) is 2.28. The second-order valence-corrected chi connectivity index (χ2v) is 3.32. The number of likely N-dealkylation sites (N-methyl/N-ethyl adjacent to an activating group) is 1. The first kappa shape index (κ1) is 11.3. The van der Waals surface area contributed by atoms with Crippen molar-refractivity contribution in [2.75, 3.05) is 20.1 Å². The maximum absolute atomic E-state index is 12.4. The summed E-state index contributed by atoms with van der Waals surface area (Å²) < 4.78 is 37.2. The van der Waals surface area contributed by atoms with Gasteiger partial charge in [-0.15, -0.1) is 0 Å². The van der Waals surface area contributed by atoms with Crippen LogP contribution in [0.15, 0.2) is 0 Å². The fourth-order valence-corrected chi connectivity index (χ4v) is 1.66. The second-order valence-electron chi connectivity index (χ2n) is 3.32. The number of amides is 1. The van der Waals surface area contributed by atoms with E-state index < -0.39 is 18.1 Å². The Hall–Kier alpha value is -0.780. The summed E-state index contributed by atoms with van der Waals surface area (Å²) in [5, 5.41) is 2.56. The van der Waals surface area contributed by atoms with E-state index in [9.17, 15) is 18.0 Å². The Kier molecular flexibility index (Phi) is 3.36. The maximum Gasteiger partial charge on any atom is 0.408 e. The Morgan fingerprint density at radius 3 is 2.71 bits per heavy atom. The van der Waals surface area contributed by atoms with Crippen molar-refractivity contribution < 1.29 is 18.0 Å². The van der Waals surface area contributed by atoms with Crippen LogP contribution in [0.25, 0.3) is 0 Å². The minimum atomic E-state index is -4.29. The van der Waals surface area contributed by atoms with Crippen LogP contribution in [0.5, 0.6) is 0 Å². The number of carbonyl (C=O) groups excluding carboxylic acids is 1. The van der Waals surface area contributed by atoms with E-state index in [0.29, 0.717) is 6.42 Å². The number of halogens is 3. The van der Waals surface area contributed by atoms with Crippen molar-refractivity contribution in [2.45, 2.75) is 25.1 Å². The smallest absolute Gasteiger partial charge is 0.329 e. The molecule has 0 aromatic carbocycles. The lowest BCUT2D eigenvalue weighted by Gasteiger charge is -2.26. The lowest BCUT2D eigenvalue weighted by molar-refractivity contribution is -0.182. The van der Waals surface area contributed by atoms with Gasteiger partial charge in [0, 0.05) is 6.54 Å². The Morgan fingerprint density at radius 2 is 2.21 bits per heavy atom. The van der Waals surface area contributed by atoms with Crippen molar-refractivity contribution in [3.8, 4) is 0 Å². The first-order valence-corrected chi connectivity index (χ1v) is 4.47. The molecule has 0 spiro atoms. The van der Waals surface area contributed by atoms with Crippen LogP contribution in [0.1, 0.15) is 12.8 Å². The molecule has 0 radical (unpaired) electrons. The van der Waals surface area contributed by atoms with Gasteiger partial charge in [0.15, 0.2) is 0 Å². The van der Waals surface area contributed by atoms with Crippen molar-refractivity contribution in [2.24, 2.45) is 0 Å². The molecule has 82 valence electrons. The minimum Gasteiger partial charge on any atom is -0.329 e. The van der Waals surface area contributed by atoms with Crippen molar-refractivity contribution in [1.82, 2.24) is 10.2 Å². The van der Waals surface area contributed by atoms with E-state index in [4.69, 9.17) is 0 Å². The van der Waals surface area contributed by atoms with Gasteiger partial charge in [0.05, 0.1) is 6.54 Å². The van der Waals surface area contributed by atoms with E-state index >= 15 is 0 Å². The van der Waals surface area contributed by atoms with Crippen LogP contribution in [0.2, 0.25) is 0 Å². The minimum absolute atomic E-state index is 0.0267. The Balaban J connectivity index is 2.64. The third-order valence-corrected chi connectivity index (χ3v) is 2.28. The highest BCUT2D eigenvalue weighted by atomic mass is 19.4. The average Bonchev–Trinajstić information content (AvgIpc) is 2.50. The molecule has 0 aromatic heterocycles. The fraction of sp³-hybridized carbons (Fsp3) is 0.875. The lowest BCUT2D eigenvalue weighted by atomic mass is 10.2. The Labute approximate surface area is 80.3 Å². The standard InChI is InChI=1S/C8H13F3N2O/c1-12-5-7(14)13-4-2-3-6(13)8(9,10)11/h6,12H,2-5H2,1H3/t6-/m1/s1. The summed E-state index contributed by atoms with van der Waals surface area (Å²) in [5.41, 5.74) is 0. The molecule has 1 atom stereocenters. The van der Waals surface area contributed by atoms with Gasteiger partial charge in [0.2, 0.25) is 5.91 Å². The molecule has 1 N–H and O–H groups in total. The largest absolute Gasteiger partial charge is 0.408 e. The summed E-state index contributed by atoms with van der Waals surface area (Å²) >= 11 is 0.